The minimum Gasteiger partial charge on any atom is -0.497 e. The summed E-state index contributed by atoms with van der Waals surface area (Å²) in [6.07, 6.45) is 0. The number of amides is 2. The van der Waals surface area contributed by atoms with Gasteiger partial charge in [0.05, 0.1) is 28.7 Å². The van der Waals surface area contributed by atoms with Crippen molar-refractivity contribution in [1.29, 1.82) is 0 Å². The third-order valence-electron chi connectivity index (χ3n) is 5.41. The monoisotopic (exact) mass is 485 g/mol. The second-order valence-corrected chi connectivity index (χ2v) is 8.70. The highest BCUT2D eigenvalue weighted by Crippen LogP contribution is 2.26. The largest absolute Gasteiger partial charge is 0.497 e. The molecule has 0 aliphatic heterocycles. The Morgan fingerprint density at radius 2 is 1.85 bits per heavy atom. The second kappa shape index (κ2) is 11.8. The van der Waals surface area contributed by atoms with Crippen molar-refractivity contribution in [3.63, 3.8) is 0 Å². The van der Waals surface area contributed by atoms with Crippen LogP contribution in [0.2, 0.25) is 5.02 Å². The molecule has 0 spiro atoms. The van der Waals surface area contributed by atoms with Gasteiger partial charge in [0, 0.05) is 12.1 Å². The molecule has 2 amide bonds. The van der Waals surface area contributed by atoms with Crippen LogP contribution in [0.5, 0.6) is 5.75 Å². The number of methoxy groups -OCH3 is 1. The van der Waals surface area contributed by atoms with Crippen LogP contribution < -0.4 is 15.4 Å². The van der Waals surface area contributed by atoms with Crippen molar-refractivity contribution in [2.45, 2.75) is 19.9 Å². The summed E-state index contributed by atoms with van der Waals surface area (Å²) in [6.45, 7) is 6.30. The van der Waals surface area contributed by atoms with E-state index in [1.54, 1.807) is 37.4 Å². The fourth-order valence-corrected chi connectivity index (χ4v) is 4.40. The topological polar surface area (TPSA) is 70.7 Å². The minimum absolute atomic E-state index is 0.00986. The van der Waals surface area contributed by atoms with Crippen LogP contribution in [0.3, 0.4) is 0 Å². The van der Waals surface area contributed by atoms with E-state index in [0.717, 1.165) is 24.4 Å². The average Bonchev–Trinajstić information content (AvgIpc) is 3.38. The first-order valence-corrected chi connectivity index (χ1v) is 12.0. The van der Waals surface area contributed by atoms with Gasteiger partial charge in [-0.15, -0.1) is 11.3 Å². The normalized spacial score (nSPS) is 11.8. The van der Waals surface area contributed by atoms with Crippen molar-refractivity contribution in [2.75, 3.05) is 32.1 Å². The predicted octanol–water partition coefficient (Wildman–Crippen LogP) is 5.48. The molecule has 1 heterocycles. The van der Waals surface area contributed by atoms with Crippen molar-refractivity contribution in [1.82, 2.24) is 10.2 Å². The number of likely N-dealkylation sites (N-methyl/N-ethyl adjacent to an activating group) is 1. The van der Waals surface area contributed by atoms with Gasteiger partial charge in [0.25, 0.3) is 11.8 Å². The van der Waals surface area contributed by atoms with Gasteiger partial charge in [-0.25, -0.2) is 0 Å². The molecule has 1 aromatic heterocycles. The van der Waals surface area contributed by atoms with Crippen LogP contribution in [0.1, 0.15) is 45.5 Å². The van der Waals surface area contributed by atoms with Gasteiger partial charge in [0.1, 0.15) is 5.75 Å². The molecule has 0 bridgehead atoms. The summed E-state index contributed by atoms with van der Waals surface area (Å²) in [7, 11) is 1.64. The SMILES string of the molecule is CCN(CC)[C@H](CNC(=O)c1ccc(Cl)c(NC(=O)c2cccs2)c1)c1cccc(OC)c1. The summed E-state index contributed by atoms with van der Waals surface area (Å²) in [6, 6.07) is 16.3. The maximum Gasteiger partial charge on any atom is 0.265 e. The van der Waals surface area contributed by atoms with Gasteiger partial charge in [0.15, 0.2) is 0 Å². The number of benzene rings is 2. The highest BCUT2D eigenvalue weighted by Gasteiger charge is 2.20. The van der Waals surface area contributed by atoms with Gasteiger partial charge in [-0.3, -0.25) is 14.5 Å². The molecule has 0 saturated carbocycles. The zero-order chi connectivity index (χ0) is 23.8. The summed E-state index contributed by atoms with van der Waals surface area (Å²) in [4.78, 5) is 28.2. The zero-order valence-corrected chi connectivity index (χ0v) is 20.5. The number of hydrogen-bond acceptors (Lipinski definition) is 5. The molecule has 33 heavy (non-hydrogen) atoms. The molecular weight excluding hydrogens is 458 g/mol. The standard InChI is InChI=1S/C25H28ClN3O3S/c1-4-29(5-2)22(17-8-6-9-19(14-17)32-3)16-27-24(30)18-11-12-20(26)21(15-18)28-25(31)23-10-7-13-33-23/h6-15,22H,4-5,16H2,1-3H3,(H,27,30)(H,28,31)/t22-/m1/s1. The third-order valence-corrected chi connectivity index (χ3v) is 6.61. The van der Waals surface area contributed by atoms with Crippen LogP contribution in [0, 0.1) is 0 Å². The van der Waals surface area contributed by atoms with Crippen LogP contribution in [-0.4, -0.2) is 43.5 Å². The lowest BCUT2D eigenvalue weighted by Crippen LogP contribution is -2.38. The Bertz CT molecular complexity index is 1080. The number of rotatable bonds is 10. The number of nitrogens with zero attached hydrogens (tertiary/aromatic N) is 1. The van der Waals surface area contributed by atoms with Crippen molar-refractivity contribution in [3.05, 3.63) is 81.0 Å². The molecule has 0 fully saturated rings. The van der Waals surface area contributed by atoms with Crippen LogP contribution in [0.15, 0.2) is 60.0 Å². The van der Waals surface area contributed by atoms with E-state index in [2.05, 4.69) is 29.4 Å². The Balaban J connectivity index is 1.75. The van der Waals surface area contributed by atoms with Gasteiger partial charge in [-0.1, -0.05) is 43.6 Å². The lowest BCUT2D eigenvalue weighted by atomic mass is 10.0. The molecule has 8 heteroatoms. The number of carbonyl (C=O) groups excluding carboxylic acids is 2. The van der Waals surface area contributed by atoms with Crippen molar-refractivity contribution in [3.8, 4) is 5.75 Å². The van der Waals surface area contributed by atoms with Crippen molar-refractivity contribution >= 4 is 40.4 Å². The van der Waals surface area contributed by atoms with Crippen LogP contribution in [-0.2, 0) is 0 Å². The molecule has 0 saturated heterocycles. The molecule has 6 nitrogen and oxygen atoms in total. The van der Waals surface area contributed by atoms with Gasteiger partial charge < -0.3 is 15.4 Å². The number of anilines is 1. The van der Waals surface area contributed by atoms with E-state index in [4.69, 9.17) is 16.3 Å². The lowest BCUT2D eigenvalue weighted by molar-refractivity contribution is 0.0934. The molecule has 0 aliphatic carbocycles. The van der Waals surface area contributed by atoms with Crippen LogP contribution in [0.4, 0.5) is 5.69 Å². The third kappa shape index (κ3) is 6.35. The Hall–Kier alpha value is -2.87. The summed E-state index contributed by atoms with van der Waals surface area (Å²) in [5.41, 5.74) is 1.89. The fourth-order valence-electron chi connectivity index (χ4n) is 3.62. The van der Waals surface area contributed by atoms with Crippen molar-refractivity contribution in [2.24, 2.45) is 0 Å². The van der Waals surface area contributed by atoms with Crippen molar-refractivity contribution < 1.29 is 14.3 Å². The Kier molecular flexibility index (Phi) is 8.88. The quantitative estimate of drug-likeness (QED) is 0.399. The zero-order valence-electron chi connectivity index (χ0n) is 18.9. The molecular formula is C25H28ClN3O3S. The highest BCUT2D eigenvalue weighted by atomic mass is 35.5. The Labute approximate surface area is 203 Å². The molecule has 0 radical (unpaired) electrons. The first-order chi connectivity index (χ1) is 16.0. The van der Waals surface area contributed by atoms with Gasteiger partial charge in [-0.2, -0.15) is 0 Å². The average molecular weight is 486 g/mol. The Morgan fingerprint density at radius 3 is 2.52 bits per heavy atom. The summed E-state index contributed by atoms with van der Waals surface area (Å²) in [5.74, 6) is 0.280. The molecule has 0 aliphatic rings. The molecule has 174 valence electrons. The van der Waals surface area contributed by atoms with Gasteiger partial charge >= 0.3 is 0 Å². The van der Waals surface area contributed by atoms with E-state index in [1.165, 1.54) is 11.3 Å². The van der Waals surface area contributed by atoms with Gasteiger partial charge in [-0.05, 0) is 60.4 Å². The smallest absolute Gasteiger partial charge is 0.265 e. The molecule has 3 aromatic rings. The maximum absolute atomic E-state index is 13.0. The van der Waals surface area contributed by atoms with E-state index in [9.17, 15) is 9.59 Å². The predicted molar refractivity (Wildman–Crippen MR) is 135 cm³/mol. The molecule has 0 unspecified atom stereocenters. The summed E-state index contributed by atoms with van der Waals surface area (Å²) >= 11 is 7.60. The number of carbonyl (C=O) groups is 2. The fraction of sp³-hybridized carbons (Fsp3) is 0.280. The lowest BCUT2D eigenvalue weighted by Gasteiger charge is -2.30. The molecule has 2 N–H and O–H groups in total. The van der Waals surface area contributed by atoms with Crippen LogP contribution in [0.25, 0.3) is 0 Å². The number of ether oxygens (including phenoxy) is 1. The van der Waals surface area contributed by atoms with E-state index in [0.29, 0.717) is 27.7 Å². The van der Waals surface area contributed by atoms with E-state index < -0.39 is 0 Å². The highest BCUT2D eigenvalue weighted by molar-refractivity contribution is 7.12. The first kappa shape index (κ1) is 24.8. The van der Waals surface area contributed by atoms with E-state index in [1.807, 2.05) is 29.6 Å². The maximum atomic E-state index is 13.0. The van der Waals surface area contributed by atoms with E-state index >= 15 is 0 Å². The Morgan fingerprint density at radius 1 is 1.06 bits per heavy atom. The molecule has 2 aromatic carbocycles. The van der Waals surface area contributed by atoms with Gasteiger partial charge in [0.2, 0.25) is 0 Å². The summed E-state index contributed by atoms with van der Waals surface area (Å²) in [5, 5.41) is 8.02. The number of nitrogens with one attached hydrogen (secondary N) is 2. The first-order valence-electron chi connectivity index (χ1n) is 10.8. The molecule has 3 rings (SSSR count). The number of hydrogen-bond donors (Lipinski definition) is 2. The second-order valence-electron chi connectivity index (χ2n) is 7.35. The number of halogens is 1. The number of thiophene rings is 1. The van der Waals surface area contributed by atoms with Crippen LogP contribution >= 0.6 is 22.9 Å². The minimum atomic E-state index is -0.260. The molecule has 1 atom stereocenters. The summed E-state index contributed by atoms with van der Waals surface area (Å²) < 4.78 is 5.38. The van der Waals surface area contributed by atoms with E-state index in [-0.39, 0.29) is 17.9 Å².